The number of hydrogen-bond donors (Lipinski definition) is 0. The molecule has 6 aromatic heterocycles. The van der Waals surface area contributed by atoms with Gasteiger partial charge >= 0.3 is 0 Å². The molecule has 0 bridgehead atoms. The third kappa shape index (κ3) is 4.68. The highest BCUT2D eigenvalue weighted by atomic mass is 32.1. The molecule has 0 amide bonds. The average Bonchev–Trinajstić information content (AvgIpc) is 4.00. The molecule has 0 saturated carbocycles. The lowest BCUT2D eigenvalue weighted by Gasteiger charge is -2.20. The van der Waals surface area contributed by atoms with Crippen LogP contribution in [0, 0.1) is 0 Å². The Morgan fingerprint density at radius 1 is 0.566 bits per heavy atom. The molecule has 0 unspecified atom stereocenters. The number of pyridine rings is 2. The van der Waals surface area contributed by atoms with E-state index >= 15 is 0 Å². The predicted octanol–water partition coefficient (Wildman–Crippen LogP) is 10.2. The van der Waals surface area contributed by atoms with Crippen LogP contribution in [-0.4, -0.2) is 44.5 Å². The summed E-state index contributed by atoms with van der Waals surface area (Å²) < 4.78 is 8.15. The molecule has 9 nitrogen and oxygen atoms in total. The molecule has 11 heteroatoms. The Hall–Kier alpha value is -6.82. The van der Waals surface area contributed by atoms with Gasteiger partial charge in [0.25, 0.3) is 0 Å². The summed E-state index contributed by atoms with van der Waals surface area (Å²) in [7, 11) is 0. The molecule has 0 radical (unpaired) electrons. The topological polar surface area (TPSA) is 108 Å². The van der Waals surface area contributed by atoms with Crippen LogP contribution in [-0.2, 0) is 0 Å². The molecule has 0 aliphatic heterocycles. The van der Waals surface area contributed by atoms with Crippen LogP contribution in [0.25, 0.3) is 104 Å². The summed E-state index contributed by atoms with van der Waals surface area (Å²) in [4.78, 5) is 15.1. The fourth-order valence-corrected chi connectivity index (χ4v) is 8.70. The molecular weight excluding hydrogens is 695 g/mol. The van der Waals surface area contributed by atoms with E-state index in [0.717, 1.165) is 87.0 Å². The maximum Gasteiger partial charge on any atom is 0.124 e. The smallest absolute Gasteiger partial charge is 0.124 e. The molecule has 6 heterocycles. The number of thiazole rings is 1. The van der Waals surface area contributed by atoms with Gasteiger partial charge in [0, 0.05) is 56.0 Å². The Bertz CT molecular complexity index is 3200. The first kappa shape index (κ1) is 29.9. The van der Waals surface area contributed by atoms with Crippen molar-refractivity contribution in [2.24, 2.45) is 0 Å². The molecule has 53 heavy (non-hydrogen) atoms. The maximum atomic E-state index is 5.30. The van der Waals surface area contributed by atoms with E-state index in [1.165, 1.54) is 11.5 Å². The van der Waals surface area contributed by atoms with Crippen molar-refractivity contribution >= 4 is 76.6 Å². The van der Waals surface area contributed by atoms with Crippen molar-refractivity contribution < 1.29 is 0 Å². The number of rotatable bonds is 5. The van der Waals surface area contributed by atoms with Gasteiger partial charge in [0.15, 0.2) is 0 Å². The summed E-state index contributed by atoms with van der Waals surface area (Å²) in [6.07, 6.45) is 3.65. The van der Waals surface area contributed by atoms with Crippen LogP contribution in [0.1, 0.15) is 0 Å². The van der Waals surface area contributed by atoms with E-state index in [4.69, 9.17) is 34.7 Å². The van der Waals surface area contributed by atoms with Gasteiger partial charge in [-0.25, -0.2) is 14.6 Å². The first-order chi connectivity index (χ1) is 26.3. The number of nitrogens with zero attached hydrogens (tertiary/aromatic N) is 9. The monoisotopic (exact) mass is 717 g/mol. The van der Waals surface area contributed by atoms with Gasteiger partial charge in [-0.1, -0.05) is 84.1 Å². The van der Waals surface area contributed by atoms with E-state index < -0.39 is 0 Å². The third-order valence-corrected chi connectivity index (χ3v) is 11.3. The highest BCUT2D eigenvalue weighted by Gasteiger charge is 2.30. The van der Waals surface area contributed by atoms with Gasteiger partial charge in [-0.15, -0.1) is 26.6 Å². The number of fused-ring (bicyclic) bond motifs is 5. The second kappa shape index (κ2) is 11.9. The van der Waals surface area contributed by atoms with Gasteiger partial charge in [-0.05, 0) is 59.4 Å². The molecule has 0 N–H and O–H groups in total. The standard InChI is InChI=1S/C42H23N9S2/c1-3-11-26-24(9-1)19-20-43-39(26)40-36(31-18-17-25-10-2-5-13-29(25)45-31)37-32(46-48-40)23-28(42-44-21-22-52-42)35(38-27-12-4-8-16-34(27)53-49-38)41(37)51-33-15-7-6-14-30(33)47-50-51/h1-23H. The third-order valence-electron chi connectivity index (χ3n) is 9.62. The lowest BCUT2D eigenvalue weighted by molar-refractivity contribution is 0.829. The summed E-state index contributed by atoms with van der Waals surface area (Å²) in [6.45, 7) is 0. The normalized spacial score (nSPS) is 11.8. The second-order valence-corrected chi connectivity index (χ2v) is 14.3. The van der Waals surface area contributed by atoms with Crippen LogP contribution < -0.4 is 0 Å². The predicted molar refractivity (Wildman–Crippen MR) is 213 cm³/mol. The van der Waals surface area contributed by atoms with E-state index in [-0.39, 0.29) is 0 Å². The highest BCUT2D eigenvalue weighted by molar-refractivity contribution is 7.14. The molecule has 0 aliphatic carbocycles. The van der Waals surface area contributed by atoms with Gasteiger partial charge in [0.05, 0.1) is 44.0 Å². The first-order valence-corrected chi connectivity index (χ1v) is 18.6. The van der Waals surface area contributed by atoms with Gasteiger partial charge in [-0.2, -0.15) is 4.37 Å². The largest absolute Gasteiger partial charge is 0.254 e. The van der Waals surface area contributed by atoms with Crippen molar-refractivity contribution in [3.8, 4) is 50.2 Å². The van der Waals surface area contributed by atoms with E-state index in [1.54, 1.807) is 11.3 Å². The second-order valence-electron chi connectivity index (χ2n) is 12.6. The minimum absolute atomic E-state index is 0.610. The summed E-state index contributed by atoms with van der Waals surface area (Å²) in [6, 6.07) is 40.9. The number of benzene rings is 5. The minimum Gasteiger partial charge on any atom is -0.254 e. The first-order valence-electron chi connectivity index (χ1n) is 16.9. The molecule has 248 valence electrons. The molecule has 0 fully saturated rings. The molecule has 11 rings (SSSR count). The van der Waals surface area contributed by atoms with Crippen molar-refractivity contribution in [2.45, 2.75) is 0 Å². The van der Waals surface area contributed by atoms with Crippen LogP contribution in [0.3, 0.4) is 0 Å². The van der Waals surface area contributed by atoms with Crippen LogP contribution in [0.15, 0.2) is 139 Å². The molecule has 11 aromatic rings. The van der Waals surface area contributed by atoms with Gasteiger partial charge in [0.1, 0.15) is 16.2 Å². The summed E-state index contributed by atoms with van der Waals surface area (Å²) >= 11 is 3.03. The molecule has 0 atom stereocenters. The number of aromatic nitrogens is 9. The Labute approximate surface area is 309 Å². The Balaban J connectivity index is 1.39. The Morgan fingerprint density at radius 2 is 1.38 bits per heavy atom. The zero-order chi connectivity index (χ0) is 34.9. The number of hydrogen-bond acceptors (Lipinski definition) is 10. The van der Waals surface area contributed by atoms with Gasteiger partial charge in [-0.3, -0.25) is 4.98 Å². The van der Waals surface area contributed by atoms with Crippen molar-refractivity contribution in [1.29, 1.82) is 0 Å². The Kier molecular flexibility index (Phi) is 6.69. The summed E-state index contributed by atoms with van der Waals surface area (Å²) in [5, 5.41) is 27.2. The minimum atomic E-state index is 0.610. The zero-order valence-electron chi connectivity index (χ0n) is 27.6. The van der Waals surface area contributed by atoms with Crippen LogP contribution in [0.2, 0.25) is 0 Å². The quantitative estimate of drug-likeness (QED) is 0.173. The summed E-state index contributed by atoms with van der Waals surface area (Å²) in [5.41, 5.74) is 9.29. The average molecular weight is 718 g/mol. The van der Waals surface area contributed by atoms with Crippen molar-refractivity contribution in [3.05, 3.63) is 139 Å². The van der Waals surface area contributed by atoms with Crippen molar-refractivity contribution in [3.63, 3.8) is 0 Å². The highest BCUT2D eigenvalue weighted by Crippen LogP contribution is 2.48. The Morgan fingerprint density at radius 3 is 2.28 bits per heavy atom. The van der Waals surface area contributed by atoms with Crippen molar-refractivity contribution in [2.75, 3.05) is 0 Å². The van der Waals surface area contributed by atoms with Crippen LogP contribution in [0.4, 0.5) is 0 Å². The molecule has 5 aromatic carbocycles. The van der Waals surface area contributed by atoms with E-state index in [1.807, 2.05) is 89.2 Å². The van der Waals surface area contributed by atoms with E-state index in [2.05, 4.69) is 59.7 Å². The lowest BCUT2D eigenvalue weighted by atomic mass is 9.91. The molecular formula is C42H23N9S2. The van der Waals surface area contributed by atoms with Crippen LogP contribution >= 0.6 is 22.9 Å². The molecule has 0 spiro atoms. The van der Waals surface area contributed by atoms with E-state index in [0.29, 0.717) is 16.9 Å². The summed E-state index contributed by atoms with van der Waals surface area (Å²) in [5.74, 6) is 0. The fraction of sp³-hybridized carbons (Fsp3) is 0. The maximum absolute atomic E-state index is 5.30. The number of para-hydroxylation sites is 2. The zero-order valence-corrected chi connectivity index (χ0v) is 29.3. The van der Waals surface area contributed by atoms with Gasteiger partial charge < -0.3 is 0 Å². The van der Waals surface area contributed by atoms with E-state index in [9.17, 15) is 0 Å². The SMILES string of the molecule is c1ccc2nc(-c3c(-c4nccc5ccccc45)nnc4cc(-c5nccs5)c(-c5nsc6ccccc56)c(-n5nnc6ccccc65)c34)ccc2c1. The van der Waals surface area contributed by atoms with Crippen molar-refractivity contribution in [1.82, 2.24) is 44.5 Å². The molecule has 0 aliphatic rings. The molecule has 0 saturated heterocycles. The lowest BCUT2D eigenvalue weighted by Crippen LogP contribution is -2.07. The fourth-order valence-electron chi connectivity index (χ4n) is 7.26. The van der Waals surface area contributed by atoms with Crippen LogP contribution in [0.5, 0.6) is 0 Å². The van der Waals surface area contributed by atoms with Gasteiger partial charge in [0.2, 0.25) is 0 Å².